The highest BCUT2D eigenvalue weighted by molar-refractivity contribution is 6.43. The molecule has 0 unspecified atom stereocenters. The molecule has 0 nitrogen and oxygen atoms in total. The minimum absolute atomic E-state index is 1.23. The van der Waals surface area contributed by atoms with Crippen LogP contribution in [0, 0.1) is 0 Å². The molecule has 0 fully saturated rings. The van der Waals surface area contributed by atoms with Crippen molar-refractivity contribution < 1.29 is 0 Å². The molecule has 0 radical (unpaired) electrons. The minimum atomic E-state index is 1.23. The van der Waals surface area contributed by atoms with Gasteiger partial charge in [0.05, 0.1) is 0 Å². The van der Waals surface area contributed by atoms with Crippen molar-refractivity contribution in [3.63, 3.8) is 0 Å². The van der Waals surface area contributed by atoms with Gasteiger partial charge in [-0.15, -0.1) is 0 Å². The van der Waals surface area contributed by atoms with Gasteiger partial charge in [0.25, 0.3) is 0 Å². The number of hydrogen-bond donors (Lipinski definition) is 0. The van der Waals surface area contributed by atoms with Gasteiger partial charge >= 0.3 is 0 Å². The van der Waals surface area contributed by atoms with E-state index < -0.39 is 0 Å². The molecule has 0 bridgehead atoms. The Morgan fingerprint density at radius 2 is 0.611 bits per heavy atom. The van der Waals surface area contributed by atoms with Crippen LogP contribution in [0.2, 0.25) is 0 Å². The first kappa shape index (κ1) is 29.5. The summed E-state index contributed by atoms with van der Waals surface area (Å²) in [6, 6.07) is 72.1. The van der Waals surface area contributed by atoms with Crippen molar-refractivity contribution in [1.29, 1.82) is 0 Å². The molecule has 11 aromatic rings. The summed E-state index contributed by atoms with van der Waals surface area (Å²) in [6.07, 6.45) is 0. The van der Waals surface area contributed by atoms with E-state index in [1.54, 1.807) is 0 Å². The third-order valence-corrected chi connectivity index (χ3v) is 12.0. The molecule has 12 rings (SSSR count). The van der Waals surface area contributed by atoms with Gasteiger partial charge in [-0.25, -0.2) is 0 Å². The van der Waals surface area contributed by atoms with Gasteiger partial charge in [0.2, 0.25) is 0 Å². The Morgan fingerprint density at radius 1 is 0.167 bits per heavy atom. The summed E-state index contributed by atoms with van der Waals surface area (Å²) in [4.78, 5) is 0. The molecule has 248 valence electrons. The average molecular weight is 681 g/mol. The van der Waals surface area contributed by atoms with Crippen LogP contribution in [0.3, 0.4) is 0 Å². The lowest BCUT2D eigenvalue weighted by Gasteiger charge is -2.24. The van der Waals surface area contributed by atoms with Crippen molar-refractivity contribution in [2.24, 2.45) is 0 Å². The van der Waals surface area contributed by atoms with Crippen LogP contribution in [-0.2, 0) is 0 Å². The standard InChI is InChI=1S/C54H32/c1-5-15-33(16-6-1)37-27-31-45-48-40(37)23-13-25-42(48)43-30-29-39(35-19-9-3-10-20-35)50-47(36-21-11-4-12-22-36)52-46-32-28-38(34-17-7-2-8-18-34)41-24-14-26-44(49(41)46)53(52)54(45)51(43)50/h1-32H. The topological polar surface area (TPSA) is 0 Å². The van der Waals surface area contributed by atoms with E-state index in [1.165, 1.54) is 121 Å². The second-order valence-electron chi connectivity index (χ2n) is 14.7. The Bertz CT molecular complexity index is 3270. The van der Waals surface area contributed by atoms with Crippen LogP contribution in [-0.4, -0.2) is 0 Å². The fourth-order valence-corrected chi connectivity index (χ4v) is 9.81. The Balaban J connectivity index is 1.35. The van der Waals surface area contributed by atoms with Gasteiger partial charge in [0, 0.05) is 0 Å². The third-order valence-electron chi connectivity index (χ3n) is 12.0. The number of fused-ring (bicyclic) bond motifs is 6. The van der Waals surface area contributed by atoms with Crippen molar-refractivity contribution in [1.82, 2.24) is 0 Å². The first-order chi connectivity index (χ1) is 26.8. The summed E-state index contributed by atoms with van der Waals surface area (Å²) < 4.78 is 0. The zero-order valence-corrected chi connectivity index (χ0v) is 29.5. The maximum atomic E-state index is 2.42. The maximum absolute atomic E-state index is 2.42. The zero-order chi connectivity index (χ0) is 35.3. The predicted octanol–water partition coefficient (Wildman–Crippen LogP) is 15.2. The molecule has 0 atom stereocenters. The van der Waals surface area contributed by atoms with Crippen LogP contribution in [0.25, 0.3) is 121 Å². The Labute approximate surface area is 313 Å². The summed E-state index contributed by atoms with van der Waals surface area (Å²) in [7, 11) is 0. The summed E-state index contributed by atoms with van der Waals surface area (Å²) in [6.45, 7) is 0. The lowest BCUT2D eigenvalue weighted by Crippen LogP contribution is -1.96. The molecule has 0 aromatic heterocycles. The summed E-state index contributed by atoms with van der Waals surface area (Å²) in [5.41, 5.74) is 15.4. The largest absolute Gasteiger partial charge is 0.0622 e. The molecule has 54 heavy (non-hydrogen) atoms. The number of benzene rings is 11. The molecule has 1 aliphatic carbocycles. The van der Waals surface area contributed by atoms with Crippen LogP contribution in [0.4, 0.5) is 0 Å². The van der Waals surface area contributed by atoms with Crippen molar-refractivity contribution in [2.75, 3.05) is 0 Å². The van der Waals surface area contributed by atoms with E-state index >= 15 is 0 Å². The predicted molar refractivity (Wildman–Crippen MR) is 231 cm³/mol. The Kier molecular flexibility index (Phi) is 6.15. The van der Waals surface area contributed by atoms with Crippen LogP contribution < -0.4 is 0 Å². The summed E-state index contributed by atoms with van der Waals surface area (Å²) in [5, 5.41) is 13.2. The molecule has 0 amide bonds. The minimum Gasteiger partial charge on any atom is -0.0622 e. The molecular weight excluding hydrogens is 649 g/mol. The molecular formula is C54H32. The average Bonchev–Trinajstić information content (AvgIpc) is 3.58. The maximum Gasteiger partial charge on any atom is -0.000695 e. The van der Waals surface area contributed by atoms with Gasteiger partial charge in [-0.2, -0.15) is 0 Å². The summed E-state index contributed by atoms with van der Waals surface area (Å²) >= 11 is 0. The molecule has 0 saturated carbocycles. The number of hydrogen-bond acceptors (Lipinski definition) is 0. The lowest BCUT2D eigenvalue weighted by atomic mass is 9.78. The SMILES string of the molecule is c1ccc(-c2ccc3c4c(cccc24)-c2c-3c(-c3ccccc3)c3c(-c4ccccc4)ccc4c5cccc6c(-c7ccccc7)ccc(c2c34)c65)cc1. The first-order valence-corrected chi connectivity index (χ1v) is 18.9. The van der Waals surface area contributed by atoms with Crippen LogP contribution in [0.1, 0.15) is 0 Å². The van der Waals surface area contributed by atoms with E-state index in [0.29, 0.717) is 0 Å². The van der Waals surface area contributed by atoms with Crippen LogP contribution in [0.15, 0.2) is 194 Å². The van der Waals surface area contributed by atoms with E-state index in [1.807, 2.05) is 0 Å². The van der Waals surface area contributed by atoms with Gasteiger partial charge in [0.15, 0.2) is 0 Å². The van der Waals surface area contributed by atoms with E-state index in [4.69, 9.17) is 0 Å². The molecule has 1 aliphatic rings. The summed E-state index contributed by atoms with van der Waals surface area (Å²) in [5.74, 6) is 0. The second-order valence-corrected chi connectivity index (χ2v) is 14.7. The highest BCUT2D eigenvalue weighted by Crippen LogP contribution is 2.60. The molecule has 0 aliphatic heterocycles. The normalized spacial score (nSPS) is 12.1. The van der Waals surface area contributed by atoms with Crippen molar-refractivity contribution in [3.05, 3.63) is 194 Å². The van der Waals surface area contributed by atoms with Gasteiger partial charge in [-0.1, -0.05) is 194 Å². The Hall–Kier alpha value is -7.02. The van der Waals surface area contributed by atoms with Crippen LogP contribution >= 0.6 is 0 Å². The fourth-order valence-electron chi connectivity index (χ4n) is 9.81. The second kappa shape index (κ2) is 11.2. The first-order valence-electron chi connectivity index (χ1n) is 18.9. The van der Waals surface area contributed by atoms with E-state index in [9.17, 15) is 0 Å². The van der Waals surface area contributed by atoms with Crippen molar-refractivity contribution >= 4 is 53.9 Å². The van der Waals surface area contributed by atoms with Crippen molar-refractivity contribution in [2.45, 2.75) is 0 Å². The zero-order valence-electron chi connectivity index (χ0n) is 29.5. The molecule has 0 N–H and O–H groups in total. The number of rotatable bonds is 4. The third kappa shape index (κ3) is 3.97. The quantitative estimate of drug-likeness (QED) is 0.128. The highest BCUT2D eigenvalue weighted by Gasteiger charge is 2.32. The molecule has 0 heterocycles. The lowest BCUT2D eigenvalue weighted by molar-refractivity contribution is 1.63. The van der Waals surface area contributed by atoms with Crippen LogP contribution in [0.5, 0.6) is 0 Å². The molecule has 0 spiro atoms. The highest BCUT2D eigenvalue weighted by atomic mass is 14.3. The monoisotopic (exact) mass is 680 g/mol. The van der Waals surface area contributed by atoms with Gasteiger partial charge < -0.3 is 0 Å². The molecule has 11 aromatic carbocycles. The van der Waals surface area contributed by atoms with Gasteiger partial charge in [-0.3, -0.25) is 0 Å². The van der Waals surface area contributed by atoms with E-state index in [-0.39, 0.29) is 0 Å². The fraction of sp³-hybridized carbons (Fsp3) is 0. The van der Waals surface area contributed by atoms with Gasteiger partial charge in [-0.05, 0) is 121 Å². The van der Waals surface area contributed by atoms with Crippen molar-refractivity contribution in [3.8, 4) is 66.8 Å². The van der Waals surface area contributed by atoms with E-state index in [0.717, 1.165) is 0 Å². The molecule has 0 heteroatoms. The Morgan fingerprint density at radius 3 is 1.26 bits per heavy atom. The smallest absolute Gasteiger partial charge is 0.000695 e. The van der Waals surface area contributed by atoms with Gasteiger partial charge in [0.1, 0.15) is 0 Å². The van der Waals surface area contributed by atoms with E-state index in [2.05, 4.69) is 194 Å². The molecule has 0 saturated heterocycles.